The zero-order chi connectivity index (χ0) is 17.5. The van der Waals surface area contributed by atoms with Gasteiger partial charge in [0.15, 0.2) is 5.69 Å². The summed E-state index contributed by atoms with van der Waals surface area (Å²) in [6.07, 6.45) is 3.33. The number of nitro groups is 1. The summed E-state index contributed by atoms with van der Waals surface area (Å²) in [6.45, 7) is 0.629. The Morgan fingerprint density at radius 1 is 1.38 bits per heavy atom. The molecule has 1 aromatic rings. The van der Waals surface area contributed by atoms with E-state index in [0.717, 1.165) is 6.42 Å². The fraction of sp³-hybridized carbons (Fsp3) is 0.562. The maximum absolute atomic E-state index is 11.7. The van der Waals surface area contributed by atoms with Gasteiger partial charge in [-0.2, -0.15) is 11.8 Å². The molecule has 1 aliphatic heterocycles. The normalized spacial score (nSPS) is 14.9. The Morgan fingerprint density at radius 3 is 2.67 bits per heavy atom. The first-order chi connectivity index (χ1) is 11.6. The quantitative estimate of drug-likeness (QED) is 0.456. The number of hydrogen-bond donors (Lipinski definition) is 1. The SMILES string of the molecule is COC(=O)c1cc(OC)c(NCCC2CCSCC2)c([N+](=O)[O-])c1. The number of hydrogen-bond acceptors (Lipinski definition) is 7. The second kappa shape index (κ2) is 8.77. The number of carbonyl (C=O) groups excluding carboxylic acids is 1. The Bertz CT molecular complexity index is 602. The second-order valence-electron chi connectivity index (χ2n) is 5.59. The van der Waals surface area contributed by atoms with E-state index < -0.39 is 10.9 Å². The molecule has 1 heterocycles. The highest BCUT2D eigenvalue weighted by molar-refractivity contribution is 7.99. The van der Waals surface area contributed by atoms with Gasteiger partial charge in [-0.25, -0.2) is 4.79 Å². The molecule has 1 aromatic carbocycles. The van der Waals surface area contributed by atoms with Crippen molar-refractivity contribution in [3.8, 4) is 5.75 Å². The van der Waals surface area contributed by atoms with Gasteiger partial charge in [0.25, 0.3) is 5.69 Å². The molecule has 0 saturated carbocycles. The average Bonchev–Trinajstić information content (AvgIpc) is 2.61. The molecule has 1 aliphatic rings. The summed E-state index contributed by atoms with van der Waals surface area (Å²) in [5.74, 6) is 2.65. The Kier molecular flexibility index (Phi) is 6.72. The van der Waals surface area contributed by atoms with Crippen LogP contribution in [0.3, 0.4) is 0 Å². The molecule has 0 amide bonds. The van der Waals surface area contributed by atoms with Crippen molar-refractivity contribution in [2.75, 3.05) is 37.6 Å². The van der Waals surface area contributed by atoms with Crippen LogP contribution in [0.4, 0.5) is 11.4 Å². The van der Waals surface area contributed by atoms with Gasteiger partial charge in [-0.05, 0) is 42.8 Å². The van der Waals surface area contributed by atoms with E-state index in [1.165, 1.54) is 50.7 Å². The number of ether oxygens (including phenoxy) is 2. The molecule has 8 heteroatoms. The summed E-state index contributed by atoms with van der Waals surface area (Å²) in [7, 11) is 2.65. The predicted octanol–water partition coefficient (Wildman–Crippen LogP) is 3.34. The Balaban J connectivity index is 2.16. The largest absolute Gasteiger partial charge is 0.494 e. The van der Waals surface area contributed by atoms with E-state index in [2.05, 4.69) is 10.1 Å². The summed E-state index contributed by atoms with van der Waals surface area (Å²) in [5.41, 5.74) is 0.213. The Hall–Kier alpha value is -1.96. The molecule has 0 unspecified atom stereocenters. The molecule has 0 spiro atoms. The van der Waals surface area contributed by atoms with Crippen molar-refractivity contribution in [2.45, 2.75) is 19.3 Å². The first kappa shape index (κ1) is 18.4. The van der Waals surface area contributed by atoms with Gasteiger partial charge in [0, 0.05) is 12.6 Å². The predicted molar refractivity (Wildman–Crippen MR) is 94.1 cm³/mol. The van der Waals surface area contributed by atoms with Crippen LogP contribution in [0.2, 0.25) is 0 Å². The highest BCUT2D eigenvalue weighted by Crippen LogP contribution is 2.36. The number of carbonyl (C=O) groups is 1. The van der Waals surface area contributed by atoms with E-state index in [-0.39, 0.29) is 17.0 Å². The molecular weight excluding hydrogens is 332 g/mol. The van der Waals surface area contributed by atoms with Gasteiger partial charge in [0.1, 0.15) is 5.75 Å². The van der Waals surface area contributed by atoms with Crippen LogP contribution in [0.5, 0.6) is 5.75 Å². The molecule has 0 aromatic heterocycles. The number of nitrogens with zero attached hydrogens (tertiary/aromatic N) is 1. The smallest absolute Gasteiger partial charge is 0.338 e. The monoisotopic (exact) mass is 354 g/mol. The molecule has 7 nitrogen and oxygen atoms in total. The van der Waals surface area contributed by atoms with Gasteiger partial charge in [0.2, 0.25) is 0 Å². The summed E-state index contributed by atoms with van der Waals surface area (Å²) < 4.78 is 9.87. The summed E-state index contributed by atoms with van der Waals surface area (Å²) in [4.78, 5) is 22.5. The van der Waals surface area contributed by atoms with Crippen LogP contribution in [0.1, 0.15) is 29.6 Å². The molecule has 24 heavy (non-hydrogen) atoms. The minimum Gasteiger partial charge on any atom is -0.494 e. The van der Waals surface area contributed by atoms with E-state index in [1.807, 2.05) is 11.8 Å². The molecule has 2 rings (SSSR count). The number of esters is 1. The average molecular weight is 354 g/mol. The zero-order valence-electron chi connectivity index (χ0n) is 13.9. The topological polar surface area (TPSA) is 90.7 Å². The van der Waals surface area contributed by atoms with Crippen molar-refractivity contribution in [2.24, 2.45) is 5.92 Å². The van der Waals surface area contributed by atoms with Crippen LogP contribution >= 0.6 is 11.8 Å². The fourth-order valence-electron chi connectivity index (χ4n) is 2.76. The summed E-state index contributed by atoms with van der Waals surface area (Å²) in [6, 6.07) is 2.67. The van der Waals surface area contributed by atoms with E-state index in [4.69, 9.17) is 4.74 Å². The third-order valence-corrected chi connectivity index (χ3v) is 5.16. The summed E-state index contributed by atoms with van der Waals surface area (Å²) in [5, 5.41) is 14.5. The third kappa shape index (κ3) is 4.53. The third-order valence-electron chi connectivity index (χ3n) is 4.11. The van der Waals surface area contributed by atoms with Gasteiger partial charge >= 0.3 is 5.97 Å². The van der Waals surface area contributed by atoms with E-state index in [0.29, 0.717) is 18.2 Å². The molecule has 1 saturated heterocycles. The number of benzene rings is 1. The Morgan fingerprint density at radius 2 is 2.08 bits per heavy atom. The van der Waals surface area contributed by atoms with Gasteiger partial charge in [-0.1, -0.05) is 0 Å². The first-order valence-electron chi connectivity index (χ1n) is 7.83. The molecule has 0 atom stereocenters. The van der Waals surface area contributed by atoms with Crippen LogP contribution in [-0.4, -0.2) is 43.2 Å². The Labute approximate surface area is 145 Å². The number of nitro benzene ring substituents is 1. The zero-order valence-corrected chi connectivity index (χ0v) is 14.7. The number of thioether (sulfide) groups is 1. The van der Waals surface area contributed by atoms with Crippen LogP contribution in [-0.2, 0) is 4.74 Å². The lowest BCUT2D eigenvalue weighted by atomic mass is 9.99. The lowest BCUT2D eigenvalue weighted by molar-refractivity contribution is -0.384. The van der Waals surface area contributed by atoms with Gasteiger partial charge in [-0.15, -0.1) is 0 Å². The van der Waals surface area contributed by atoms with Crippen molar-refractivity contribution in [1.29, 1.82) is 0 Å². The summed E-state index contributed by atoms with van der Waals surface area (Å²) >= 11 is 1.97. The standard InChI is InChI=1S/C16H22N2O5S/c1-22-14-10-12(16(19)23-2)9-13(18(20)21)15(14)17-6-3-11-4-7-24-8-5-11/h9-11,17H,3-8H2,1-2H3. The number of rotatable bonds is 7. The highest BCUT2D eigenvalue weighted by Gasteiger charge is 2.23. The van der Waals surface area contributed by atoms with Crippen LogP contribution in [0.15, 0.2) is 12.1 Å². The van der Waals surface area contributed by atoms with Crippen molar-refractivity contribution in [3.63, 3.8) is 0 Å². The lowest BCUT2D eigenvalue weighted by Crippen LogP contribution is -2.15. The first-order valence-corrected chi connectivity index (χ1v) is 8.98. The van der Waals surface area contributed by atoms with Crippen LogP contribution in [0.25, 0.3) is 0 Å². The number of nitrogens with one attached hydrogen (secondary N) is 1. The van der Waals surface area contributed by atoms with Crippen molar-refractivity contribution in [1.82, 2.24) is 0 Å². The van der Waals surface area contributed by atoms with Crippen molar-refractivity contribution >= 4 is 29.1 Å². The fourth-order valence-corrected chi connectivity index (χ4v) is 3.96. The molecular formula is C16H22N2O5S. The van der Waals surface area contributed by atoms with Gasteiger partial charge in [-0.3, -0.25) is 10.1 Å². The van der Waals surface area contributed by atoms with Crippen LogP contribution in [0, 0.1) is 16.0 Å². The minimum atomic E-state index is -0.636. The number of methoxy groups -OCH3 is 2. The van der Waals surface area contributed by atoms with E-state index >= 15 is 0 Å². The molecule has 0 bridgehead atoms. The maximum atomic E-state index is 11.7. The molecule has 0 aliphatic carbocycles. The van der Waals surface area contributed by atoms with Crippen LogP contribution < -0.4 is 10.1 Å². The molecule has 1 N–H and O–H groups in total. The van der Waals surface area contributed by atoms with Gasteiger partial charge < -0.3 is 14.8 Å². The minimum absolute atomic E-state index is 0.0934. The second-order valence-corrected chi connectivity index (χ2v) is 6.82. The lowest BCUT2D eigenvalue weighted by Gasteiger charge is -2.21. The van der Waals surface area contributed by atoms with Crippen molar-refractivity contribution in [3.05, 3.63) is 27.8 Å². The molecule has 1 fully saturated rings. The molecule has 0 radical (unpaired) electrons. The van der Waals surface area contributed by atoms with Crippen molar-refractivity contribution < 1.29 is 19.2 Å². The number of anilines is 1. The highest BCUT2D eigenvalue weighted by atomic mass is 32.2. The van der Waals surface area contributed by atoms with E-state index in [9.17, 15) is 14.9 Å². The maximum Gasteiger partial charge on any atom is 0.338 e. The van der Waals surface area contributed by atoms with E-state index in [1.54, 1.807) is 0 Å². The molecule has 132 valence electrons. The van der Waals surface area contributed by atoms with Gasteiger partial charge in [0.05, 0.1) is 24.7 Å².